The molecule has 95 unspecified atom stereocenters. The first-order valence-corrected chi connectivity index (χ1v) is 69.8. The molecule has 51 aliphatic carbocycles. The zero-order chi connectivity index (χ0) is 86.6. The van der Waals surface area contributed by atoms with Crippen molar-refractivity contribution in [3.8, 4) is 0 Å². The van der Waals surface area contributed by atoms with Crippen LogP contribution >= 0.6 is 0 Å². The Morgan fingerprint density at radius 2 is 0.271 bits per heavy atom. The van der Waals surface area contributed by atoms with Crippen molar-refractivity contribution >= 4 is 0 Å². The third-order valence-corrected chi connectivity index (χ3v) is 75.6. The van der Waals surface area contributed by atoms with Gasteiger partial charge in [-0.2, -0.15) is 0 Å². The molecule has 0 radical (unpaired) electrons. The average Bonchev–Trinajstić information content (AvgIpc) is 0.574. The summed E-state index contributed by atoms with van der Waals surface area (Å²) in [6.45, 7) is 0. The van der Waals surface area contributed by atoms with Crippen molar-refractivity contribution < 1.29 is 0 Å². The van der Waals surface area contributed by atoms with Crippen LogP contribution in [0.25, 0.3) is 0 Å². The Labute approximate surface area is 844 Å². The van der Waals surface area contributed by atoms with E-state index in [2.05, 4.69) is 0 Å². The van der Waals surface area contributed by atoms with Crippen molar-refractivity contribution in [2.45, 2.75) is 289 Å². The van der Waals surface area contributed by atoms with E-state index in [1.165, 1.54) is 591 Å². The van der Waals surface area contributed by atoms with Crippen molar-refractivity contribution in [1.82, 2.24) is 0 Å². The number of fused-ring (bicyclic) bond motifs is 56. The Morgan fingerprint density at radius 3 is 0.529 bits per heavy atom. The second-order valence-corrected chi connectivity index (χ2v) is 71.5. The molecule has 0 aromatic rings. The lowest BCUT2D eigenvalue weighted by Gasteiger charge is -3.02. The monoisotopic (exact) mass is 1870 g/mol. The normalized spacial score (nSPS) is 81.6. The van der Waals surface area contributed by atoms with Gasteiger partial charge < -0.3 is 0 Å². The number of hydrogen-bond donors (Lipinski definition) is 0. The quantitative estimate of drug-likeness (QED) is 0.230. The minimum Gasteiger partial charge on any atom is -0.0533 e. The van der Waals surface area contributed by atoms with Crippen LogP contribution in [0.3, 0.4) is 0 Å². The van der Waals surface area contributed by atoms with E-state index in [0.29, 0.717) is 0 Å². The SMILES string of the molecule is C1CCCCCCCCCCCCCC2CC3(C4CC5C6C7C8C9C%10C%11C%12C%13C%14C%15C%16C%17C%18C%19C%20C%21CCC%21C%20C%19C%18C%17C%16C%15C%14C%13C%12C%11C%10C9C8C7C6C54)CC4C5C6C7C8C9C%10C%11C%12C%13C%14C%15C%16C%17C%18C%19C%20C%21C%22C%23C%24C%25C%26C%27C%28C%29C%30C(CC%30C%29C%28C%27C%26C%25C%24C%23C%22C%21C%20C%19C%18C%17C%16C%15C%14C%13C%12C%11C%10C9C8C7C6C5C43)C(CCCCCCCCCCCCC1)C1CCCCCCCCC2CCCC1. The molecule has 0 N–H and O–H groups in total. The maximum atomic E-state index is 1.84. The smallest absolute Gasteiger partial charge is 0.0227 e. The Bertz CT molecular complexity index is 5570. The van der Waals surface area contributed by atoms with Crippen LogP contribution in [0.1, 0.15) is 289 Å². The van der Waals surface area contributed by atoms with Gasteiger partial charge in [0, 0.05) is 0 Å². The third kappa shape index (κ3) is 6.85. The molecule has 0 amide bonds. The van der Waals surface area contributed by atoms with Crippen molar-refractivity contribution in [2.75, 3.05) is 0 Å². The molecule has 51 rings (SSSR count). The summed E-state index contributed by atoms with van der Waals surface area (Å²) in [7, 11) is 0. The molecule has 51 saturated carbocycles. The maximum absolute atomic E-state index is 1.84. The van der Waals surface area contributed by atoms with Crippen LogP contribution in [0.4, 0.5) is 0 Å². The van der Waals surface area contributed by atoms with Gasteiger partial charge in [-0.05, 0) is 607 Å². The zero-order valence-electron chi connectivity index (χ0n) is 86.6. The second kappa shape index (κ2) is 23.9. The molecular weight excluding hydrogens is 1680 g/mol. The van der Waals surface area contributed by atoms with E-state index < -0.39 is 0 Å². The van der Waals surface area contributed by atoms with Crippen LogP contribution in [0, 0.1) is 562 Å². The average molecular weight is 1870 g/mol. The van der Waals surface area contributed by atoms with Crippen LogP contribution in [0.5, 0.6) is 0 Å². The van der Waals surface area contributed by atoms with E-state index in [9.17, 15) is 0 Å². The molecule has 0 aromatic carbocycles. The predicted molar refractivity (Wildman–Crippen MR) is 538 cm³/mol. The Balaban J connectivity index is 0.334. The fourth-order valence-electron chi connectivity index (χ4n) is 74.7. The Kier molecular flexibility index (Phi) is 13.0. The lowest BCUT2D eigenvalue weighted by atomic mass is 9.02. The van der Waals surface area contributed by atoms with Gasteiger partial charge >= 0.3 is 0 Å². The van der Waals surface area contributed by atoms with Gasteiger partial charge in [-0.25, -0.2) is 0 Å². The highest BCUT2D eigenvalue weighted by molar-refractivity contribution is 5.51. The van der Waals surface area contributed by atoms with E-state index in [0.717, 1.165) is 35.0 Å². The van der Waals surface area contributed by atoms with Gasteiger partial charge in [0.2, 0.25) is 0 Å². The van der Waals surface area contributed by atoms with E-state index in [4.69, 9.17) is 0 Å². The fraction of sp³-hybridized carbons (Fsp3) is 1.00. The maximum Gasteiger partial charge on any atom is -0.0227 e. The summed E-state index contributed by atoms with van der Waals surface area (Å²) in [5.74, 6) is 121. The molecule has 0 aliphatic heterocycles. The molecule has 0 spiro atoms. The first-order chi connectivity index (χ1) is 69.8. The molecule has 95 atom stereocenters. The summed E-state index contributed by atoms with van der Waals surface area (Å²) in [6.07, 6.45) is 72.5. The van der Waals surface area contributed by atoms with Crippen LogP contribution in [-0.2, 0) is 0 Å². The van der Waals surface area contributed by atoms with Gasteiger partial charge in [0.15, 0.2) is 0 Å². The topological polar surface area (TPSA) is 0 Å². The molecule has 51 fully saturated rings. The highest BCUT2D eigenvalue weighted by atomic mass is 15.1. The molecule has 0 saturated heterocycles. The highest BCUT2D eigenvalue weighted by Gasteiger charge is 3.05. The predicted octanol–water partition coefficient (Wildman–Crippen LogP) is 29.1. The molecule has 51 aliphatic rings. The lowest BCUT2D eigenvalue weighted by Crippen LogP contribution is -2.99. The van der Waals surface area contributed by atoms with Crippen LogP contribution in [0.15, 0.2) is 0 Å². The summed E-state index contributed by atoms with van der Waals surface area (Å²) in [6, 6.07) is 0. The largest absolute Gasteiger partial charge is 0.0533 e. The fourth-order valence-corrected chi connectivity index (χ4v) is 74.7. The van der Waals surface area contributed by atoms with Crippen LogP contribution < -0.4 is 0 Å². The van der Waals surface area contributed by atoms with Gasteiger partial charge in [0.25, 0.3) is 0 Å². The van der Waals surface area contributed by atoms with E-state index in [1.54, 1.807) is 205 Å². The summed E-state index contributed by atoms with van der Waals surface area (Å²) in [5.41, 5.74) is 0.791. The molecule has 0 heteroatoms. The van der Waals surface area contributed by atoms with Crippen LogP contribution in [-0.4, -0.2) is 0 Å². The van der Waals surface area contributed by atoms with Crippen molar-refractivity contribution in [1.29, 1.82) is 0 Å². The summed E-state index contributed by atoms with van der Waals surface area (Å²) in [5, 5.41) is 0. The van der Waals surface area contributed by atoms with Gasteiger partial charge in [0.1, 0.15) is 0 Å². The highest BCUT2D eigenvalue weighted by Crippen LogP contribution is 3.08. The van der Waals surface area contributed by atoms with Crippen molar-refractivity contribution in [3.63, 3.8) is 0 Å². The minimum absolute atomic E-state index is 0.791. The van der Waals surface area contributed by atoms with Gasteiger partial charge in [-0.3, -0.25) is 0 Å². The summed E-state index contributed by atoms with van der Waals surface area (Å²) in [4.78, 5) is 0. The molecule has 140 heavy (non-hydrogen) atoms. The van der Waals surface area contributed by atoms with Gasteiger partial charge in [-0.15, -0.1) is 0 Å². The zero-order valence-corrected chi connectivity index (χ0v) is 86.6. The standard InChI is InChI=1S/C140H184/c1-2-4-6-8-10-12-14-16-18-20-26-30-38-48-44-140(56-43-54-58(56)65-62(54)69-72(65)79-76(69)83-86(79)93-90(83)97-100(93)107-104(97)108-101-94-87-80-73-66-59-50-40-41-51(50)60(59)67(66)74(73)81(80)88(87)95(94)102(101)109(107)108)45-55-63-70-77-84-91-98-105-111-114-117-120-123-125-124-121-118-115-112-106-99-92-85-78-71-64-57-52(49(39-31-27-21-19-17-15-13-11-9-7-5-3-1)47-36-29-25-23-22-24-28-34-46(48)35-32-33-37-47)42-53(57)61(64)68(71)75(78)82(85)89(92)96(99)103(106)110(112)113(115)116(118)119(121)122(124)126(125)127(123)128(120)129(117)130(114)131(111)132(105)133(98)134(91)135(84)136(77)137(70)138(63)139(55)140/h46-139H,1-45H2. The summed E-state index contributed by atoms with van der Waals surface area (Å²) < 4.78 is 0. The minimum atomic E-state index is 0.791. The molecular formula is C140H184. The molecule has 0 nitrogen and oxygen atoms in total. The third-order valence-electron chi connectivity index (χ3n) is 75.6. The number of hydrogen-bond acceptors (Lipinski definition) is 0. The summed E-state index contributed by atoms with van der Waals surface area (Å²) >= 11 is 0. The van der Waals surface area contributed by atoms with Gasteiger partial charge in [-0.1, -0.05) is 244 Å². The van der Waals surface area contributed by atoms with E-state index in [-0.39, 0.29) is 0 Å². The first kappa shape index (κ1) is 76.5. The molecule has 12 bridgehead atoms. The van der Waals surface area contributed by atoms with Gasteiger partial charge in [0.05, 0.1) is 0 Å². The Hall–Kier alpha value is 0. The van der Waals surface area contributed by atoms with Crippen molar-refractivity contribution in [3.05, 3.63) is 0 Å². The van der Waals surface area contributed by atoms with E-state index >= 15 is 0 Å². The van der Waals surface area contributed by atoms with Crippen LogP contribution in [0.2, 0.25) is 0 Å². The lowest BCUT2D eigenvalue weighted by molar-refractivity contribution is -0.555. The Morgan fingerprint density at radius 1 is 0.0929 bits per heavy atom. The van der Waals surface area contributed by atoms with Crippen molar-refractivity contribution in [2.24, 2.45) is 562 Å². The number of rotatable bonds is 1. The molecule has 0 heterocycles. The molecule has 744 valence electrons. The second-order valence-electron chi connectivity index (χ2n) is 71.5. The van der Waals surface area contributed by atoms with E-state index in [1.807, 2.05) is 19.3 Å². The first-order valence-electron chi connectivity index (χ1n) is 69.8. The molecule has 0 aromatic heterocycles.